The van der Waals surface area contributed by atoms with Crippen LogP contribution in [0.3, 0.4) is 0 Å². The average molecular weight is 271 g/mol. The summed E-state index contributed by atoms with van der Waals surface area (Å²) in [7, 11) is 0. The summed E-state index contributed by atoms with van der Waals surface area (Å²) in [5.74, 6) is -0.0839. The average Bonchev–Trinajstić information content (AvgIpc) is 2.74. The van der Waals surface area contributed by atoms with E-state index in [1.807, 2.05) is 0 Å². The lowest BCUT2D eigenvalue weighted by Crippen LogP contribution is -2.26. The molecule has 1 fully saturated rings. The lowest BCUT2D eigenvalue weighted by atomic mass is 10.2. The summed E-state index contributed by atoms with van der Waals surface area (Å²) in [6.45, 7) is 0.676. The Balaban J connectivity index is 2.02. The number of pyridine rings is 1. The fourth-order valence-corrected chi connectivity index (χ4v) is 1.82. The summed E-state index contributed by atoms with van der Waals surface area (Å²) in [6.07, 6.45) is 4.73. The Morgan fingerprint density at radius 3 is 3.20 bits per heavy atom. The van der Waals surface area contributed by atoms with E-state index < -0.39 is 0 Å². The van der Waals surface area contributed by atoms with Crippen LogP contribution in [-0.2, 0) is 9.53 Å². The van der Waals surface area contributed by atoms with Crippen LogP contribution < -0.4 is 5.32 Å². The van der Waals surface area contributed by atoms with Gasteiger partial charge >= 0.3 is 0 Å². The van der Waals surface area contributed by atoms with Crippen molar-refractivity contribution in [2.24, 2.45) is 0 Å². The largest absolute Gasteiger partial charge is 0.368 e. The predicted molar refractivity (Wildman–Crippen MR) is 59.5 cm³/mol. The molecule has 0 bridgehead atoms. The van der Waals surface area contributed by atoms with Crippen molar-refractivity contribution in [3.8, 4) is 0 Å². The molecular weight excluding hydrogens is 260 g/mol. The van der Waals surface area contributed by atoms with Crippen molar-refractivity contribution >= 4 is 27.5 Å². The summed E-state index contributed by atoms with van der Waals surface area (Å²) in [4.78, 5) is 15.6. The van der Waals surface area contributed by atoms with E-state index in [1.165, 1.54) is 0 Å². The highest BCUT2D eigenvalue weighted by Gasteiger charge is 2.23. The highest BCUT2D eigenvalue weighted by atomic mass is 79.9. The van der Waals surface area contributed by atoms with E-state index >= 15 is 0 Å². The molecule has 0 unspecified atom stereocenters. The summed E-state index contributed by atoms with van der Waals surface area (Å²) in [6, 6.07) is 1.75. The Morgan fingerprint density at radius 1 is 1.67 bits per heavy atom. The van der Waals surface area contributed by atoms with E-state index in [4.69, 9.17) is 4.74 Å². The first-order valence-corrected chi connectivity index (χ1v) is 5.58. The molecule has 2 rings (SSSR count). The summed E-state index contributed by atoms with van der Waals surface area (Å²) in [5, 5.41) is 2.80. The lowest BCUT2D eigenvalue weighted by molar-refractivity contribution is -0.124. The molecule has 0 radical (unpaired) electrons. The fourth-order valence-electron chi connectivity index (χ4n) is 1.47. The number of anilines is 1. The zero-order chi connectivity index (χ0) is 10.7. The molecule has 1 aromatic heterocycles. The summed E-state index contributed by atoms with van der Waals surface area (Å²) in [5.41, 5.74) is 0.727. The Bertz CT molecular complexity index is 364. The molecule has 1 aliphatic heterocycles. The molecule has 0 spiro atoms. The van der Waals surface area contributed by atoms with E-state index in [2.05, 4.69) is 26.2 Å². The van der Waals surface area contributed by atoms with Crippen LogP contribution in [0.25, 0.3) is 0 Å². The standard InChI is InChI=1S/C10H11BrN2O2/c11-7-6-12-4-3-8(7)13-10(14)9-2-1-5-15-9/h3-4,6,9H,1-2,5H2,(H,12,13,14)/t9-/m0/s1. The highest BCUT2D eigenvalue weighted by Crippen LogP contribution is 2.21. The zero-order valence-corrected chi connectivity index (χ0v) is 9.66. The molecule has 1 aliphatic rings. The normalized spacial score (nSPS) is 20.2. The fraction of sp³-hybridized carbons (Fsp3) is 0.400. The van der Waals surface area contributed by atoms with Crippen LogP contribution in [0, 0.1) is 0 Å². The summed E-state index contributed by atoms with van der Waals surface area (Å²) >= 11 is 3.32. The number of halogens is 1. The van der Waals surface area contributed by atoms with Gasteiger partial charge < -0.3 is 10.1 Å². The SMILES string of the molecule is O=C(Nc1ccncc1Br)[C@@H]1CCCO1. The Kier molecular flexibility index (Phi) is 3.33. The minimum atomic E-state index is -0.301. The number of aromatic nitrogens is 1. The number of amides is 1. The van der Waals surface area contributed by atoms with Gasteiger partial charge in [-0.05, 0) is 34.8 Å². The number of ether oxygens (including phenoxy) is 1. The van der Waals surface area contributed by atoms with Crippen LogP contribution in [0.15, 0.2) is 22.9 Å². The minimum absolute atomic E-state index is 0.0839. The first kappa shape index (κ1) is 10.6. The van der Waals surface area contributed by atoms with Gasteiger partial charge in [-0.25, -0.2) is 0 Å². The summed E-state index contributed by atoms with van der Waals surface area (Å²) < 4.78 is 6.06. The van der Waals surface area contributed by atoms with Gasteiger partial charge in [0.25, 0.3) is 5.91 Å². The number of carbonyl (C=O) groups is 1. The minimum Gasteiger partial charge on any atom is -0.368 e. The van der Waals surface area contributed by atoms with Gasteiger partial charge in [0.15, 0.2) is 0 Å². The molecule has 0 aliphatic carbocycles. The zero-order valence-electron chi connectivity index (χ0n) is 8.07. The van der Waals surface area contributed by atoms with Crippen LogP contribution in [0.5, 0.6) is 0 Å². The van der Waals surface area contributed by atoms with Gasteiger partial charge in [0.05, 0.1) is 10.2 Å². The van der Waals surface area contributed by atoms with Crippen LogP contribution in [0.2, 0.25) is 0 Å². The van der Waals surface area contributed by atoms with Crippen molar-refractivity contribution in [1.29, 1.82) is 0 Å². The van der Waals surface area contributed by atoms with E-state index in [1.54, 1.807) is 18.5 Å². The van der Waals surface area contributed by atoms with Crippen LogP contribution in [0.1, 0.15) is 12.8 Å². The number of carbonyl (C=O) groups excluding carboxylic acids is 1. The topological polar surface area (TPSA) is 51.2 Å². The maximum absolute atomic E-state index is 11.7. The number of nitrogens with one attached hydrogen (secondary N) is 1. The smallest absolute Gasteiger partial charge is 0.253 e. The van der Waals surface area contributed by atoms with E-state index in [-0.39, 0.29) is 12.0 Å². The Hall–Kier alpha value is -0.940. The second-order valence-electron chi connectivity index (χ2n) is 3.35. The van der Waals surface area contributed by atoms with Gasteiger partial charge in [-0.15, -0.1) is 0 Å². The number of hydrogen-bond acceptors (Lipinski definition) is 3. The lowest BCUT2D eigenvalue weighted by Gasteiger charge is -2.10. The quantitative estimate of drug-likeness (QED) is 0.894. The molecule has 80 valence electrons. The Labute approximate surface area is 96.2 Å². The predicted octanol–water partition coefficient (Wildman–Crippen LogP) is 1.96. The van der Waals surface area contributed by atoms with E-state index in [9.17, 15) is 4.79 Å². The third-order valence-electron chi connectivity index (χ3n) is 2.25. The second kappa shape index (κ2) is 4.72. The van der Waals surface area contributed by atoms with Crippen molar-refractivity contribution in [3.05, 3.63) is 22.9 Å². The number of hydrogen-bond donors (Lipinski definition) is 1. The van der Waals surface area contributed by atoms with Gasteiger partial charge in [0.2, 0.25) is 0 Å². The molecule has 2 heterocycles. The maximum Gasteiger partial charge on any atom is 0.253 e. The van der Waals surface area contributed by atoms with Crippen molar-refractivity contribution in [2.45, 2.75) is 18.9 Å². The van der Waals surface area contributed by atoms with Crippen LogP contribution in [0.4, 0.5) is 5.69 Å². The molecule has 0 aromatic carbocycles. The van der Waals surface area contributed by atoms with Crippen molar-refractivity contribution < 1.29 is 9.53 Å². The molecule has 1 atom stereocenters. The van der Waals surface area contributed by atoms with Gasteiger partial charge in [0, 0.05) is 19.0 Å². The molecule has 1 N–H and O–H groups in total. The van der Waals surface area contributed by atoms with Gasteiger partial charge in [0.1, 0.15) is 6.10 Å². The number of rotatable bonds is 2. The third kappa shape index (κ3) is 2.54. The molecule has 1 amide bonds. The first-order chi connectivity index (χ1) is 7.27. The van der Waals surface area contributed by atoms with Gasteiger partial charge in [-0.3, -0.25) is 9.78 Å². The molecule has 1 aromatic rings. The van der Waals surface area contributed by atoms with Gasteiger partial charge in [-0.2, -0.15) is 0 Å². The molecule has 0 saturated carbocycles. The van der Waals surface area contributed by atoms with E-state index in [0.717, 1.165) is 23.0 Å². The van der Waals surface area contributed by atoms with Crippen molar-refractivity contribution in [3.63, 3.8) is 0 Å². The Morgan fingerprint density at radius 2 is 2.53 bits per heavy atom. The molecule has 4 nitrogen and oxygen atoms in total. The second-order valence-corrected chi connectivity index (χ2v) is 4.20. The monoisotopic (exact) mass is 270 g/mol. The number of nitrogens with zero attached hydrogens (tertiary/aromatic N) is 1. The van der Waals surface area contributed by atoms with Crippen LogP contribution in [-0.4, -0.2) is 23.6 Å². The maximum atomic E-state index is 11.7. The molecule has 15 heavy (non-hydrogen) atoms. The van der Waals surface area contributed by atoms with Gasteiger partial charge in [-0.1, -0.05) is 0 Å². The highest BCUT2D eigenvalue weighted by molar-refractivity contribution is 9.10. The van der Waals surface area contributed by atoms with Crippen LogP contribution >= 0.6 is 15.9 Å². The van der Waals surface area contributed by atoms with Crippen molar-refractivity contribution in [2.75, 3.05) is 11.9 Å². The molecule has 1 saturated heterocycles. The third-order valence-corrected chi connectivity index (χ3v) is 2.88. The molecule has 5 heteroatoms. The van der Waals surface area contributed by atoms with Crippen molar-refractivity contribution in [1.82, 2.24) is 4.98 Å². The molecular formula is C10H11BrN2O2. The van der Waals surface area contributed by atoms with E-state index in [0.29, 0.717) is 6.61 Å². The first-order valence-electron chi connectivity index (χ1n) is 4.79.